The van der Waals surface area contributed by atoms with Crippen LogP contribution < -0.4 is 10.6 Å². The van der Waals surface area contributed by atoms with Gasteiger partial charge in [-0.3, -0.25) is 4.79 Å². The first-order chi connectivity index (χ1) is 10.6. The quantitative estimate of drug-likeness (QED) is 0.715. The van der Waals surface area contributed by atoms with Crippen LogP contribution in [0.5, 0.6) is 0 Å². The van der Waals surface area contributed by atoms with Gasteiger partial charge in [-0.15, -0.1) is 0 Å². The van der Waals surface area contributed by atoms with Gasteiger partial charge in [-0.05, 0) is 36.2 Å². The predicted molar refractivity (Wildman–Crippen MR) is 87.2 cm³/mol. The number of anilines is 1. The summed E-state index contributed by atoms with van der Waals surface area (Å²) >= 11 is 5.76. The summed E-state index contributed by atoms with van der Waals surface area (Å²) in [6.07, 6.45) is 1.71. The molecule has 1 amide bonds. The highest BCUT2D eigenvalue weighted by Gasteiger charge is 2.11. The van der Waals surface area contributed by atoms with Crippen LogP contribution in [0, 0.1) is 6.92 Å². The lowest BCUT2D eigenvalue weighted by Gasteiger charge is -2.13. The summed E-state index contributed by atoms with van der Waals surface area (Å²) < 4.78 is 0. The summed E-state index contributed by atoms with van der Waals surface area (Å²) in [7, 11) is 0. The molecule has 0 saturated carbocycles. The normalized spacial score (nSPS) is 10.3. The summed E-state index contributed by atoms with van der Waals surface area (Å²) in [6, 6.07) is 9.14. The number of aliphatic hydroxyl groups is 1. The fourth-order valence-electron chi connectivity index (χ4n) is 2.05. The molecule has 0 saturated heterocycles. The maximum Gasteiger partial charge on any atom is 0.251 e. The van der Waals surface area contributed by atoms with Gasteiger partial charge in [0.1, 0.15) is 5.15 Å². The minimum Gasteiger partial charge on any atom is -0.395 e. The van der Waals surface area contributed by atoms with Gasteiger partial charge >= 0.3 is 0 Å². The van der Waals surface area contributed by atoms with E-state index in [0.717, 1.165) is 16.8 Å². The molecule has 0 aliphatic carbocycles. The van der Waals surface area contributed by atoms with Crippen LogP contribution in [0.1, 0.15) is 21.5 Å². The molecule has 2 aromatic rings. The van der Waals surface area contributed by atoms with E-state index >= 15 is 0 Å². The largest absolute Gasteiger partial charge is 0.395 e. The van der Waals surface area contributed by atoms with Crippen molar-refractivity contribution in [3.05, 3.63) is 58.4 Å². The van der Waals surface area contributed by atoms with E-state index in [1.165, 1.54) is 0 Å². The van der Waals surface area contributed by atoms with E-state index in [9.17, 15) is 4.79 Å². The zero-order chi connectivity index (χ0) is 15.9. The SMILES string of the molecule is Cc1c(NCc2ccc(Cl)nc2)cccc1C(=O)NCCO. The van der Waals surface area contributed by atoms with Crippen LogP contribution in [0.25, 0.3) is 0 Å². The zero-order valence-electron chi connectivity index (χ0n) is 12.3. The van der Waals surface area contributed by atoms with Gasteiger partial charge in [-0.2, -0.15) is 0 Å². The lowest BCUT2D eigenvalue weighted by atomic mass is 10.1. The first-order valence-electron chi connectivity index (χ1n) is 6.95. The summed E-state index contributed by atoms with van der Waals surface area (Å²) in [5, 5.41) is 15.2. The Morgan fingerprint density at radius 3 is 2.82 bits per heavy atom. The van der Waals surface area contributed by atoms with Crippen LogP contribution in [0.3, 0.4) is 0 Å². The molecule has 0 aliphatic rings. The average Bonchev–Trinajstić information content (AvgIpc) is 2.53. The number of aromatic nitrogens is 1. The molecule has 0 fully saturated rings. The maximum atomic E-state index is 12.0. The number of hydrogen-bond acceptors (Lipinski definition) is 4. The standard InChI is InChI=1S/C16H18ClN3O2/c1-11-13(16(22)18-7-8-21)3-2-4-14(11)19-9-12-5-6-15(17)20-10-12/h2-6,10,19,21H,7-9H2,1H3,(H,18,22). The highest BCUT2D eigenvalue weighted by atomic mass is 35.5. The number of hydrogen-bond donors (Lipinski definition) is 3. The zero-order valence-corrected chi connectivity index (χ0v) is 13.0. The fraction of sp³-hybridized carbons (Fsp3) is 0.250. The Morgan fingerprint density at radius 1 is 1.32 bits per heavy atom. The van der Waals surface area contributed by atoms with Gasteiger partial charge in [-0.25, -0.2) is 4.98 Å². The molecule has 0 bridgehead atoms. The van der Waals surface area contributed by atoms with E-state index in [1.807, 2.05) is 25.1 Å². The van der Waals surface area contributed by atoms with Crippen molar-refractivity contribution in [2.75, 3.05) is 18.5 Å². The molecule has 0 unspecified atom stereocenters. The number of aliphatic hydroxyl groups excluding tert-OH is 1. The van der Waals surface area contributed by atoms with Crippen LogP contribution >= 0.6 is 11.6 Å². The number of nitrogens with zero attached hydrogens (tertiary/aromatic N) is 1. The molecule has 1 heterocycles. The Labute approximate surface area is 134 Å². The number of carbonyl (C=O) groups is 1. The second-order valence-electron chi connectivity index (χ2n) is 4.80. The molecule has 0 radical (unpaired) electrons. The molecule has 22 heavy (non-hydrogen) atoms. The lowest BCUT2D eigenvalue weighted by molar-refractivity contribution is 0.0944. The van der Waals surface area contributed by atoms with Crippen LogP contribution in [-0.2, 0) is 6.54 Å². The Kier molecular flexibility index (Phi) is 5.75. The molecular weight excluding hydrogens is 302 g/mol. The van der Waals surface area contributed by atoms with Gasteiger partial charge in [0.15, 0.2) is 0 Å². The number of rotatable bonds is 6. The Hall–Kier alpha value is -2.11. The van der Waals surface area contributed by atoms with E-state index in [2.05, 4.69) is 15.6 Å². The van der Waals surface area contributed by atoms with Crippen LogP contribution in [0.15, 0.2) is 36.5 Å². The minimum atomic E-state index is -0.191. The van der Waals surface area contributed by atoms with E-state index in [4.69, 9.17) is 16.7 Å². The third-order valence-electron chi connectivity index (χ3n) is 3.25. The number of halogens is 1. The minimum absolute atomic E-state index is 0.0771. The summed E-state index contributed by atoms with van der Waals surface area (Å²) in [4.78, 5) is 16.0. The van der Waals surface area contributed by atoms with Crippen molar-refractivity contribution in [3.8, 4) is 0 Å². The van der Waals surface area contributed by atoms with E-state index in [-0.39, 0.29) is 19.1 Å². The first-order valence-corrected chi connectivity index (χ1v) is 7.32. The molecule has 2 rings (SSSR count). The monoisotopic (exact) mass is 319 g/mol. The molecule has 1 aromatic carbocycles. The topological polar surface area (TPSA) is 74.2 Å². The summed E-state index contributed by atoms with van der Waals surface area (Å²) in [5.74, 6) is -0.191. The molecule has 0 spiro atoms. The van der Waals surface area contributed by atoms with Crippen LogP contribution in [0.2, 0.25) is 5.15 Å². The number of nitrogens with one attached hydrogen (secondary N) is 2. The molecule has 6 heteroatoms. The van der Waals surface area contributed by atoms with Gasteiger partial charge in [0.25, 0.3) is 5.91 Å². The molecular formula is C16H18ClN3O2. The average molecular weight is 320 g/mol. The van der Waals surface area contributed by atoms with Gasteiger partial charge in [0.2, 0.25) is 0 Å². The molecule has 1 aromatic heterocycles. The Bertz CT molecular complexity index is 644. The van der Waals surface area contributed by atoms with Gasteiger partial charge in [0, 0.05) is 30.5 Å². The molecule has 3 N–H and O–H groups in total. The third kappa shape index (κ3) is 4.19. The van der Waals surface area contributed by atoms with Gasteiger partial charge in [-0.1, -0.05) is 23.7 Å². The van der Waals surface area contributed by atoms with Crippen molar-refractivity contribution in [2.24, 2.45) is 0 Å². The summed E-state index contributed by atoms with van der Waals surface area (Å²) in [5.41, 5.74) is 3.33. The summed E-state index contributed by atoms with van der Waals surface area (Å²) in [6.45, 7) is 2.64. The fourth-order valence-corrected chi connectivity index (χ4v) is 2.16. The maximum absolute atomic E-state index is 12.0. The number of pyridine rings is 1. The van der Waals surface area contributed by atoms with Gasteiger partial charge < -0.3 is 15.7 Å². The molecule has 116 valence electrons. The second-order valence-corrected chi connectivity index (χ2v) is 5.19. The first kappa shape index (κ1) is 16.3. The highest BCUT2D eigenvalue weighted by Crippen LogP contribution is 2.20. The third-order valence-corrected chi connectivity index (χ3v) is 3.47. The van der Waals surface area contributed by atoms with Crippen molar-refractivity contribution in [1.29, 1.82) is 0 Å². The van der Waals surface area contributed by atoms with Crippen LogP contribution in [0.4, 0.5) is 5.69 Å². The molecule has 5 nitrogen and oxygen atoms in total. The lowest BCUT2D eigenvalue weighted by Crippen LogP contribution is -2.27. The number of carbonyl (C=O) groups excluding carboxylic acids is 1. The van der Waals surface area contributed by atoms with Crippen LogP contribution in [-0.4, -0.2) is 29.1 Å². The van der Waals surface area contributed by atoms with Crippen molar-refractivity contribution >= 4 is 23.2 Å². The van der Waals surface area contributed by atoms with E-state index in [1.54, 1.807) is 18.3 Å². The van der Waals surface area contributed by atoms with Gasteiger partial charge in [0.05, 0.1) is 6.61 Å². The Morgan fingerprint density at radius 2 is 2.14 bits per heavy atom. The highest BCUT2D eigenvalue weighted by molar-refractivity contribution is 6.29. The number of benzene rings is 1. The predicted octanol–water partition coefficient (Wildman–Crippen LogP) is 2.38. The van der Waals surface area contributed by atoms with Crippen molar-refractivity contribution in [3.63, 3.8) is 0 Å². The van der Waals surface area contributed by atoms with Crippen molar-refractivity contribution in [2.45, 2.75) is 13.5 Å². The Balaban J connectivity index is 2.08. The second kappa shape index (κ2) is 7.77. The number of amides is 1. The van der Waals surface area contributed by atoms with Crippen molar-refractivity contribution in [1.82, 2.24) is 10.3 Å². The van der Waals surface area contributed by atoms with E-state index in [0.29, 0.717) is 17.3 Å². The smallest absolute Gasteiger partial charge is 0.251 e. The molecule has 0 aliphatic heterocycles. The molecule has 0 atom stereocenters. The van der Waals surface area contributed by atoms with E-state index < -0.39 is 0 Å². The van der Waals surface area contributed by atoms with Crippen molar-refractivity contribution < 1.29 is 9.90 Å².